The molecule has 2 atom stereocenters. The molecule has 1 amide bonds. The number of aliphatic hydroxyl groups excluding tert-OH is 1. The van der Waals surface area contributed by atoms with Gasteiger partial charge in [-0.3, -0.25) is 9.69 Å². The standard InChI is InChI=1S/C26H26FN3O3/c1-15-10-20(13-28-29-15)18-8-6-17(7-9-18)11-19-12-21-25(24(27)16(19)2)33-14-30(26(21)32)22-4-3-5-23(22)31/h6-10,12-13,22-23,31H,3-5,11,14H2,1-2H3/t22-,23-/m0/s1. The minimum Gasteiger partial charge on any atom is -0.469 e. The smallest absolute Gasteiger partial charge is 0.260 e. The van der Waals surface area contributed by atoms with Crippen molar-refractivity contribution in [1.82, 2.24) is 15.1 Å². The summed E-state index contributed by atoms with van der Waals surface area (Å²) in [7, 11) is 0. The van der Waals surface area contributed by atoms with Crippen LogP contribution in [0.4, 0.5) is 4.39 Å². The van der Waals surface area contributed by atoms with Gasteiger partial charge in [0.05, 0.1) is 29.6 Å². The predicted octanol–water partition coefficient (Wildman–Crippen LogP) is 4.20. The molecular formula is C26H26FN3O3. The normalized spacial score (nSPS) is 20.0. The molecule has 1 aliphatic heterocycles. The first-order chi connectivity index (χ1) is 15.9. The van der Waals surface area contributed by atoms with Crippen LogP contribution in [-0.4, -0.2) is 45.0 Å². The topological polar surface area (TPSA) is 75.6 Å². The number of aliphatic hydroxyl groups is 1. The quantitative estimate of drug-likeness (QED) is 0.649. The molecule has 2 aliphatic rings. The largest absolute Gasteiger partial charge is 0.469 e. The molecule has 1 aliphatic carbocycles. The van der Waals surface area contributed by atoms with Crippen molar-refractivity contribution in [3.8, 4) is 16.9 Å². The monoisotopic (exact) mass is 447 g/mol. The number of hydrogen-bond donors (Lipinski definition) is 1. The molecule has 0 saturated heterocycles. The number of fused-ring (bicyclic) bond motifs is 1. The number of hydrogen-bond acceptors (Lipinski definition) is 5. The van der Waals surface area contributed by atoms with Crippen molar-refractivity contribution in [3.63, 3.8) is 0 Å². The van der Waals surface area contributed by atoms with Gasteiger partial charge in [0.25, 0.3) is 5.91 Å². The molecule has 6 nitrogen and oxygen atoms in total. The van der Waals surface area contributed by atoms with Gasteiger partial charge in [0.1, 0.15) is 0 Å². The highest BCUT2D eigenvalue weighted by Gasteiger charge is 2.39. The molecule has 3 aromatic rings. The van der Waals surface area contributed by atoms with Crippen LogP contribution in [0, 0.1) is 19.7 Å². The minimum absolute atomic E-state index is 0.0147. The van der Waals surface area contributed by atoms with Crippen LogP contribution >= 0.6 is 0 Å². The number of benzene rings is 2. The Morgan fingerprint density at radius 1 is 1.15 bits per heavy atom. The second-order valence-electron chi connectivity index (χ2n) is 8.92. The van der Waals surface area contributed by atoms with Crippen molar-refractivity contribution >= 4 is 5.91 Å². The van der Waals surface area contributed by atoms with Gasteiger partial charge in [-0.2, -0.15) is 10.2 Å². The average Bonchev–Trinajstić information content (AvgIpc) is 3.24. The van der Waals surface area contributed by atoms with E-state index in [0.717, 1.165) is 40.8 Å². The SMILES string of the molecule is Cc1cc(-c2ccc(Cc3cc4c(c(F)c3C)OCN([C@H]3CCC[C@@H]3O)C4=O)cc2)cnn1. The summed E-state index contributed by atoms with van der Waals surface area (Å²) in [5.74, 6) is -0.753. The zero-order chi connectivity index (χ0) is 23.1. The predicted molar refractivity (Wildman–Crippen MR) is 121 cm³/mol. The Kier molecular flexibility index (Phi) is 5.58. The molecule has 7 heteroatoms. The highest BCUT2D eigenvalue weighted by Crippen LogP contribution is 2.36. The van der Waals surface area contributed by atoms with E-state index in [1.54, 1.807) is 19.2 Å². The van der Waals surface area contributed by atoms with Crippen molar-refractivity contribution in [2.45, 2.75) is 51.7 Å². The van der Waals surface area contributed by atoms with Gasteiger partial charge in [-0.05, 0) is 73.9 Å². The van der Waals surface area contributed by atoms with Crippen LogP contribution in [0.3, 0.4) is 0 Å². The van der Waals surface area contributed by atoms with E-state index < -0.39 is 11.9 Å². The van der Waals surface area contributed by atoms with Crippen LogP contribution in [0.25, 0.3) is 11.1 Å². The van der Waals surface area contributed by atoms with Gasteiger partial charge in [0.15, 0.2) is 18.3 Å². The molecule has 170 valence electrons. The average molecular weight is 448 g/mol. The van der Waals surface area contributed by atoms with Gasteiger partial charge >= 0.3 is 0 Å². The third-order valence-electron chi connectivity index (χ3n) is 6.72. The lowest BCUT2D eigenvalue weighted by Crippen LogP contribution is -2.48. The first kappa shape index (κ1) is 21.5. The molecule has 0 unspecified atom stereocenters. The van der Waals surface area contributed by atoms with Gasteiger partial charge < -0.3 is 9.84 Å². The lowest BCUT2D eigenvalue weighted by Gasteiger charge is -2.35. The number of rotatable bonds is 4. The van der Waals surface area contributed by atoms with E-state index in [0.29, 0.717) is 18.4 Å². The molecule has 1 N–H and O–H groups in total. The fourth-order valence-electron chi connectivity index (χ4n) is 4.81. The third-order valence-corrected chi connectivity index (χ3v) is 6.72. The molecule has 1 saturated carbocycles. The van der Waals surface area contributed by atoms with E-state index >= 15 is 4.39 Å². The van der Waals surface area contributed by atoms with E-state index in [1.165, 1.54) is 4.90 Å². The van der Waals surface area contributed by atoms with Gasteiger partial charge in [-0.25, -0.2) is 4.39 Å². The fourth-order valence-corrected chi connectivity index (χ4v) is 4.81. The maximum Gasteiger partial charge on any atom is 0.260 e. The van der Waals surface area contributed by atoms with Crippen molar-refractivity contribution in [2.24, 2.45) is 0 Å². The van der Waals surface area contributed by atoms with Crippen LogP contribution in [0.2, 0.25) is 0 Å². The minimum atomic E-state index is -0.563. The Hall–Kier alpha value is -3.32. The molecule has 0 spiro atoms. The van der Waals surface area contributed by atoms with Gasteiger partial charge in [-0.1, -0.05) is 24.3 Å². The van der Waals surface area contributed by atoms with Gasteiger partial charge in [0.2, 0.25) is 0 Å². The van der Waals surface area contributed by atoms with Gasteiger partial charge in [-0.15, -0.1) is 0 Å². The number of ether oxygens (including phenoxy) is 1. The number of amides is 1. The van der Waals surface area contributed by atoms with Crippen LogP contribution in [0.5, 0.6) is 5.75 Å². The van der Waals surface area contributed by atoms with E-state index in [4.69, 9.17) is 4.74 Å². The molecule has 0 radical (unpaired) electrons. The molecule has 2 heterocycles. The zero-order valence-corrected chi connectivity index (χ0v) is 18.7. The lowest BCUT2D eigenvalue weighted by molar-refractivity contribution is 0.0115. The Bertz CT molecular complexity index is 1210. The second-order valence-corrected chi connectivity index (χ2v) is 8.92. The summed E-state index contributed by atoms with van der Waals surface area (Å²) < 4.78 is 20.8. The van der Waals surface area contributed by atoms with E-state index in [-0.39, 0.29) is 30.0 Å². The Morgan fingerprint density at radius 2 is 1.94 bits per heavy atom. The van der Waals surface area contributed by atoms with Crippen LogP contribution < -0.4 is 4.74 Å². The third kappa shape index (κ3) is 3.97. The Balaban J connectivity index is 1.42. The number of carbonyl (C=O) groups is 1. The van der Waals surface area contributed by atoms with Crippen molar-refractivity contribution in [3.05, 3.63) is 76.4 Å². The number of halogens is 1. The zero-order valence-electron chi connectivity index (χ0n) is 18.7. The highest BCUT2D eigenvalue weighted by molar-refractivity contribution is 5.98. The van der Waals surface area contributed by atoms with Crippen LogP contribution in [0.15, 0.2) is 42.6 Å². The van der Waals surface area contributed by atoms with Crippen molar-refractivity contribution < 1.29 is 19.0 Å². The molecular weight excluding hydrogens is 421 g/mol. The highest BCUT2D eigenvalue weighted by atomic mass is 19.1. The molecule has 1 fully saturated rings. The number of aryl methyl sites for hydroxylation is 1. The summed E-state index contributed by atoms with van der Waals surface area (Å²) in [6, 6.07) is 11.5. The summed E-state index contributed by atoms with van der Waals surface area (Å²) >= 11 is 0. The first-order valence-corrected chi connectivity index (χ1v) is 11.2. The maximum atomic E-state index is 15.2. The molecule has 5 rings (SSSR count). The Labute approximate surface area is 192 Å². The summed E-state index contributed by atoms with van der Waals surface area (Å²) in [6.45, 7) is 3.58. The summed E-state index contributed by atoms with van der Waals surface area (Å²) in [5.41, 5.74) is 5.32. The van der Waals surface area contributed by atoms with Gasteiger partial charge in [0, 0.05) is 5.56 Å². The molecule has 33 heavy (non-hydrogen) atoms. The number of aromatic nitrogens is 2. The van der Waals surface area contributed by atoms with E-state index in [2.05, 4.69) is 10.2 Å². The second kappa shape index (κ2) is 8.56. The molecule has 0 bridgehead atoms. The summed E-state index contributed by atoms with van der Waals surface area (Å²) in [4.78, 5) is 14.7. The van der Waals surface area contributed by atoms with Crippen molar-refractivity contribution in [1.29, 1.82) is 0 Å². The van der Waals surface area contributed by atoms with E-state index in [9.17, 15) is 9.90 Å². The molecule has 1 aromatic heterocycles. The maximum absolute atomic E-state index is 15.2. The van der Waals surface area contributed by atoms with Crippen LogP contribution in [0.1, 0.15) is 52.0 Å². The number of carbonyl (C=O) groups excluding carboxylic acids is 1. The Morgan fingerprint density at radius 3 is 2.64 bits per heavy atom. The summed E-state index contributed by atoms with van der Waals surface area (Å²) in [5, 5.41) is 18.2. The summed E-state index contributed by atoms with van der Waals surface area (Å²) in [6.07, 6.45) is 3.91. The molecule has 2 aromatic carbocycles. The first-order valence-electron chi connectivity index (χ1n) is 11.2. The van der Waals surface area contributed by atoms with Crippen LogP contribution in [-0.2, 0) is 6.42 Å². The lowest BCUT2D eigenvalue weighted by atomic mass is 9.94. The van der Waals surface area contributed by atoms with E-state index in [1.807, 2.05) is 37.3 Å². The van der Waals surface area contributed by atoms with Crippen molar-refractivity contribution in [2.75, 3.05) is 6.73 Å². The number of nitrogens with zero attached hydrogens (tertiary/aromatic N) is 3. The fraction of sp³-hybridized carbons (Fsp3) is 0.346.